The Morgan fingerprint density at radius 1 is 1.00 bits per heavy atom. The third kappa shape index (κ3) is 5.49. The fourth-order valence-corrected chi connectivity index (χ4v) is 2.96. The van der Waals surface area contributed by atoms with Crippen molar-refractivity contribution in [3.05, 3.63) is 94.8 Å². The molecule has 3 amide bonds. The van der Waals surface area contributed by atoms with E-state index in [4.69, 9.17) is 11.6 Å². The molecule has 3 aromatic rings. The van der Waals surface area contributed by atoms with E-state index in [1.54, 1.807) is 48.5 Å². The van der Waals surface area contributed by atoms with Crippen molar-refractivity contribution in [1.82, 2.24) is 5.32 Å². The van der Waals surface area contributed by atoms with Crippen molar-refractivity contribution >= 4 is 47.7 Å². The van der Waals surface area contributed by atoms with E-state index in [0.29, 0.717) is 22.9 Å². The largest absolute Gasteiger partial charge is 0.333 e. The molecule has 0 bridgehead atoms. The predicted octanol–water partition coefficient (Wildman–Crippen LogP) is 5.29. The Balaban J connectivity index is 1.59. The van der Waals surface area contributed by atoms with Gasteiger partial charge < -0.3 is 10.6 Å². The quantitative estimate of drug-likeness (QED) is 0.482. The smallest absolute Gasteiger partial charge is 0.332 e. The summed E-state index contributed by atoms with van der Waals surface area (Å²) in [5.74, 6) is -1.16. The lowest BCUT2D eigenvalue weighted by Gasteiger charge is -2.17. The molecule has 0 unspecified atom stereocenters. The van der Waals surface area contributed by atoms with Gasteiger partial charge in [-0.05, 0) is 54.1 Å². The van der Waals surface area contributed by atoms with Gasteiger partial charge in [-0.25, -0.2) is 13.5 Å². The summed E-state index contributed by atoms with van der Waals surface area (Å²) in [4.78, 5) is 24.4. The van der Waals surface area contributed by atoms with E-state index in [2.05, 4.69) is 23.4 Å². The summed E-state index contributed by atoms with van der Waals surface area (Å²) >= 11 is 10.1. The number of amides is 3. The number of thiol groups is 1. The summed E-state index contributed by atoms with van der Waals surface area (Å²) in [5.41, 5.74) is 1.77. The third-order valence-electron chi connectivity index (χ3n) is 4.01. The molecule has 0 saturated carbocycles. The van der Waals surface area contributed by atoms with Gasteiger partial charge >= 0.3 is 6.03 Å². The van der Waals surface area contributed by atoms with Crippen molar-refractivity contribution in [3.8, 4) is 0 Å². The first-order valence-corrected chi connectivity index (χ1v) is 9.39. The minimum absolute atomic E-state index is 0.0483. The molecule has 0 fully saturated rings. The molecule has 0 saturated heterocycles. The number of anilines is 2. The lowest BCUT2D eigenvalue weighted by molar-refractivity contribution is 0.102. The van der Waals surface area contributed by atoms with Crippen molar-refractivity contribution in [2.24, 2.45) is 0 Å². The maximum absolute atomic E-state index is 13.7. The van der Waals surface area contributed by atoms with Gasteiger partial charge in [0.15, 0.2) is 0 Å². The van der Waals surface area contributed by atoms with Gasteiger partial charge in [-0.2, -0.15) is 0 Å². The summed E-state index contributed by atoms with van der Waals surface area (Å²) in [6.07, 6.45) is 0. The molecule has 0 spiro atoms. The van der Waals surface area contributed by atoms with E-state index >= 15 is 0 Å². The maximum Gasteiger partial charge on any atom is 0.332 e. The molecule has 148 valence electrons. The standard InChI is InChI=1S/C21H17ClFN3O2S/c22-15-5-3-4-14(12-15)13-24-21(28)26(29)17-10-8-16(9-11-17)25-20(27)18-6-1-2-7-19(18)23/h1-12,29H,13H2,(H,24,28)(H,25,27). The summed E-state index contributed by atoms with van der Waals surface area (Å²) in [6.45, 7) is 0.299. The average molecular weight is 430 g/mol. The lowest BCUT2D eigenvalue weighted by Crippen LogP contribution is -2.33. The first kappa shape index (κ1) is 20.7. The lowest BCUT2D eigenvalue weighted by atomic mass is 10.2. The van der Waals surface area contributed by atoms with E-state index in [0.717, 1.165) is 9.87 Å². The topological polar surface area (TPSA) is 61.4 Å². The van der Waals surface area contributed by atoms with Gasteiger partial charge in [0.2, 0.25) is 0 Å². The van der Waals surface area contributed by atoms with E-state index in [1.807, 2.05) is 6.07 Å². The number of carbonyl (C=O) groups excluding carboxylic acids is 2. The summed E-state index contributed by atoms with van der Waals surface area (Å²) in [5, 5.41) is 5.94. The van der Waals surface area contributed by atoms with Gasteiger partial charge in [0.25, 0.3) is 5.91 Å². The second-order valence-corrected chi connectivity index (χ2v) is 6.92. The Morgan fingerprint density at radius 2 is 1.72 bits per heavy atom. The second-order valence-electron chi connectivity index (χ2n) is 6.08. The molecule has 0 aliphatic heterocycles. The molecule has 0 radical (unpaired) electrons. The molecule has 0 aliphatic rings. The van der Waals surface area contributed by atoms with Crippen LogP contribution < -0.4 is 14.9 Å². The Hall–Kier alpha value is -3.03. The zero-order valence-corrected chi connectivity index (χ0v) is 16.8. The second kappa shape index (κ2) is 9.45. The normalized spacial score (nSPS) is 10.3. The van der Waals surface area contributed by atoms with E-state index < -0.39 is 17.8 Å². The van der Waals surface area contributed by atoms with Gasteiger partial charge in [-0.3, -0.25) is 4.79 Å². The number of halogens is 2. The number of carbonyl (C=O) groups is 2. The Kier molecular flexibility index (Phi) is 6.74. The van der Waals surface area contributed by atoms with E-state index in [1.165, 1.54) is 18.2 Å². The van der Waals surface area contributed by atoms with Crippen LogP contribution in [0.2, 0.25) is 5.02 Å². The summed E-state index contributed by atoms with van der Waals surface area (Å²) < 4.78 is 14.8. The summed E-state index contributed by atoms with van der Waals surface area (Å²) in [6, 6.07) is 18.9. The van der Waals surface area contributed by atoms with Crippen molar-refractivity contribution < 1.29 is 14.0 Å². The van der Waals surface area contributed by atoms with Crippen LogP contribution in [0.1, 0.15) is 15.9 Å². The predicted molar refractivity (Wildman–Crippen MR) is 116 cm³/mol. The molecule has 0 aliphatic carbocycles. The Bertz CT molecular complexity index is 1030. The van der Waals surface area contributed by atoms with Crippen LogP contribution in [0, 0.1) is 5.82 Å². The number of benzene rings is 3. The number of hydrogen-bond donors (Lipinski definition) is 3. The van der Waals surface area contributed by atoms with Crippen molar-refractivity contribution in [3.63, 3.8) is 0 Å². The molecule has 5 nitrogen and oxygen atoms in total. The third-order valence-corrected chi connectivity index (χ3v) is 4.66. The van der Waals surface area contributed by atoms with Crippen LogP contribution in [-0.2, 0) is 6.54 Å². The minimum atomic E-state index is -0.598. The number of nitrogens with one attached hydrogen (secondary N) is 2. The van der Waals surface area contributed by atoms with Gasteiger partial charge in [-0.1, -0.05) is 48.7 Å². The average Bonchev–Trinajstić information content (AvgIpc) is 2.72. The molecular weight excluding hydrogens is 413 g/mol. The van der Waals surface area contributed by atoms with Crippen molar-refractivity contribution in [1.29, 1.82) is 0 Å². The molecule has 2 N–H and O–H groups in total. The van der Waals surface area contributed by atoms with E-state index in [-0.39, 0.29) is 5.56 Å². The zero-order chi connectivity index (χ0) is 20.8. The fourth-order valence-electron chi connectivity index (χ4n) is 2.55. The van der Waals surface area contributed by atoms with Crippen molar-refractivity contribution in [2.75, 3.05) is 9.62 Å². The van der Waals surface area contributed by atoms with E-state index in [9.17, 15) is 14.0 Å². The van der Waals surface area contributed by atoms with Crippen LogP contribution in [0.15, 0.2) is 72.8 Å². The molecule has 29 heavy (non-hydrogen) atoms. The van der Waals surface area contributed by atoms with Gasteiger partial charge in [0, 0.05) is 17.3 Å². The molecule has 8 heteroatoms. The molecule has 3 rings (SSSR count). The highest BCUT2D eigenvalue weighted by molar-refractivity contribution is 7.82. The van der Waals surface area contributed by atoms with Gasteiger partial charge in [0.1, 0.15) is 5.82 Å². The minimum Gasteiger partial charge on any atom is -0.333 e. The monoisotopic (exact) mass is 429 g/mol. The van der Waals surface area contributed by atoms with Crippen LogP contribution in [-0.4, -0.2) is 11.9 Å². The number of nitrogens with zero attached hydrogens (tertiary/aromatic N) is 1. The Morgan fingerprint density at radius 3 is 2.41 bits per heavy atom. The number of rotatable bonds is 5. The maximum atomic E-state index is 13.7. The Labute approximate surface area is 178 Å². The molecule has 3 aromatic carbocycles. The number of hydrogen-bond acceptors (Lipinski definition) is 3. The SMILES string of the molecule is O=C(Nc1ccc(N(S)C(=O)NCc2cccc(Cl)c2)cc1)c1ccccc1F. The highest BCUT2D eigenvalue weighted by atomic mass is 35.5. The highest BCUT2D eigenvalue weighted by Crippen LogP contribution is 2.21. The highest BCUT2D eigenvalue weighted by Gasteiger charge is 2.14. The molecule has 0 atom stereocenters. The molecule has 0 aromatic heterocycles. The van der Waals surface area contributed by atoms with Crippen molar-refractivity contribution in [2.45, 2.75) is 6.54 Å². The fraction of sp³-hybridized carbons (Fsp3) is 0.0476. The molecule has 0 heterocycles. The van der Waals surface area contributed by atoms with Crippen LogP contribution in [0.3, 0.4) is 0 Å². The first-order valence-electron chi connectivity index (χ1n) is 8.61. The molecular formula is C21H17ClFN3O2S. The first-order chi connectivity index (χ1) is 13.9. The van der Waals surface area contributed by atoms with Crippen LogP contribution >= 0.6 is 24.4 Å². The summed E-state index contributed by atoms with van der Waals surface area (Å²) in [7, 11) is 0. The zero-order valence-electron chi connectivity index (χ0n) is 15.1. The van der Waals surface area contributed by atoms with Crippen LogP contribution in [0.4, 0.5) is 20.6 Å². The van der Waals surface area contributed by atoms with Crippen LogP contribution in [0.25, 0.3) is 0 Å². The van der Waals surface area contributed by atoms with Gasteiger partial charge in [0.05, 0.1) is 11.3 Å². The number of urea groups is 1. The van der Waals surface area contributed by atoms with Gasteiger partial charge in [-0.15, -0.1) is 0 Å². The van der Waals surface area contributed by atoms with Crippen LogP contribution in [0.5, 0.6) is 0 Å².